The Morgan fingerprint density at radius 3 is 1.27 bits per heavy atom. The third-order valence-corrected chi connectivity index (χ3v) is 32.3. The monoisotopic (exact) mass is 710 g/mol. The molecule has 2 aromatic rings. The number of benzene rings is 2. The van der Waals surface area contributed by atoms with Gasteiger partial charge >= 0.3 is 212 Å². The first-order chi connectivity index (χ1) is 14.5. The van der Waals surface area contributed by atoms with E-state index in [4.69, 9.17) is 9.05 Å². The molecule has 0 amide bonds. The van der Waals surface area contributed by atoms with Gasteiger partial charge in [-0.1, -0.05) is 0 Å². The van der Waals surface area contributed by atoms with Crippen molar-refractivity contribution in [1.29, 1.82) is 0 Å². The van der Waals surface area contributed by atoms with Crippen molar-refractivity contribution in [1.82, 2.24) is 0 Å². The van der Waals surface area contributed by atoms with Crippen molar-refractivity contribution in [3.63, 3.8) is 0 Å². The Morgan fingerprint density at radius 2 is 0.933 bits per heavy atom. The molecule has 2 unspecified atom stereocenters. The molecule has 166 valence electrons. The molecule has 0 aliphatic carbocycles. The summed E-state index contributed by atoms with van der Waals surface area (Å²) in [5.41, 5.74) is 0. The third-order valence-electron chi connectivity index (χ3n) is 4.69. The molecule has 0 aliphatic heterocycles. The van der Waals surface area contributed by atoms with Crippen molar-refractivity contribution in [3.05, 3.63) is 60.7 Å². The van der Waals surface area contributed by atoms with Gasteiger partial charge in [0.1, 0.15) is 0 Å². The number of hydrogen-bond donors (Lipinski definition) is 0. The van der Waals surface area contributed by atoms with E-state index in [0.29, 0.717) is 29.0 Å². The molecule has 2 nitrogen and oxygen atoms in total. The molecule has 2 rings (SSSR count). The van der Waals surface area contributed by atoms with Gasteiger partial charge < -0.3 is 0 Å². The van der Waals surface area contributed by atoms with Crippen molar-refractivity contribution < 1.29 is 9.05 Å². The summed E-state index contributed by atoms with van der Waals surface area (Å²) < 4.78 is 9.74. The van der Waals surface area contributed by atoms with E-state index in [2.05, 4.69) is 103 Å². The Kier molecular flexibility index (Phi) is 14.0. The van der Waals surface area contributed by atoms with Gasteiger partial charge in [-0.25, -0.2) is 0 Å². The molecule has 0 aliphatic rings. The zero-order valence-electron chi connectivity index (χ0n) is 17.8. The van der Waals surface area contributed by atoms with Gasteiger partial charge in [-0.05, 0) is 0 Å². The number of hydrogen-bond acceptors (Lipinski definition) is 2. The van der Waals surface area contributed by atoms with Crippen LogP contribution >= 0.6 is 8.85 Å². The molecule has 0 heterocycles. The van der Waals surface area contributed by atoms with Crippen LogP contribution in [0.5, 0.6) is 0 Å². The molecule has 0 aromatic heterocycles. The summed E-state index contributed by atoms with van der Waals surface area (Å²) in [4.78, 5) is 0. The summed E-state index contributed by atoms with van der Waals surface area (Å²) in [5.74, 6) is 4.57. The second-order valence-corrected chi connectivity index (χ2v) is 35.7. The molecule has 0 saturated heterocycles. The Bertz CT molecular complexity index is 749. The van der Waals surface area contributed by atoms with Crippen LogP contribution in [0, 0.1) is 0 Å². The Morgan fingerprint density at radius 1 is 0.600 bits per heavy atom. The van der Waals surface area contributed by atoms with Crippen LogP contribution < -0.4 is 10.6 Å². The van der Waals surface area contributed by atoms with Crippen LogP contribution in [0.3, 0.4) is 0 Å². The third kappa shape index (κ3) is 9.27. The Balaban J connectivity index is 1.56. The van der Waals surface area contributed by atoms with Gasteiger partial charge in [0.2, 0.25) is 0 Å². The molecule has 0 fully saturated rings. The fourth-order valence-corrected chi connectivity index (χ4v) is 14.6. The normalized spacial score (nSPS) is 15.4. The molecule has 8 heteroatoms. The zero-order chi connectivity index (χ0) is 21.7. The summed E-state index contributed by atoms with van der Waals surface area (Å²) in [7, 11) is 0. The van der Waals surface area contributed by atoms with Crippen LogP contribution in [0.25, 0.3) is 0 Å². The van der Waals surface area contributed by atoms with Crippen molar-refractivity contribution >= 4 is 78.7 Å². The van der Waals surface area contributed by atoms with Gasteiger partial charge in [-0.15, -0.1) is 0 Å². The molecular formula is C22H32O2P2Se4. The van der Waals surface area contributed by atoms with Gasteiger partial charge in [0.25, 0.3) is 0 Å². The van der Waals surface area contributed by atoms with E-state index in [9.17, 15) is 0 Å². The topological polar surface area (TPSA) is 18.5 Å². The Hall–Kier alpha value is 1.30. The maximum atomic E-state index is 6.37. The molecule has 2 aromatic carbocycles. The van der Waals surface area contributed by atoms with Gasteiger partial charge in [0.15, 0.2) is 0 Å². The SMILES string of the molecule is C[Se]P(=[Se])(OCCCCCCCCOP(=[Se])([Se]C)c1ccccc1)c1ccccc1. The molecule has 2 atom stereocenters. The molecule has 0 saturated carbocycles. The summed E-state index contributed by atoms with van der Waals surface area (Å²) in [5, 5.41) is 2.73. The van der Waals surface area contributed by atoms with Crippen LogP contribution in [0.2, 0.25) is 11.6 Å². The van der Waals surface area contributed by atoms with E-state index in [-0.39, 0.29) is 0 Å². The molecule has 30 heavy (non-hydrogen) atoms. The Labute approximate surface area is 210 Å². The first-order valence-corrected chi connectivity index (χ1v) is 26.0. The van der Waals surface area contributed by atoms with E-state index in [0.717, 1.165) is 26.1 Å². The zero-order valence-corrected chi connectivity index (χ0v) is 26.4. The molecule has 0 bridgehead atoms. The van der Waals surface area contributed by atoms with Crippen LogP contribution in [0.1, 0.15) is 38.5 Å². The molecule has 0 spiro atoms. The summed E-state index contributed by atoms with van der Waals surface area (Å²) in [6.45, 7) is 1.76. The maximum absolute atomic E-state index is 6.37. The van der Waals surface area contributed by atoms with E-state index < -0.39 is 8.85 Å². The van der Waals surface area contributed by atoms with Crippen LogP contribution in [-0.4, -0.2) is 72.4 Å². The average Bonchev–Trinajstić information content (AvgIpc) is 2.81. The van der Waals surface area contributed by atoms with Crippen molar-refractivity contribution in [2.45, 2.75) is 50.2 Å². The van der Waals surface area contributed by atoms with E-state index in [1.165, 1.54) is 36.3 Å². The molecule has 0 radical (unpaired) electrons. The van der Waals surface area contributed by atoms with Crippen molar-refractivity contribution in [2.75, 3.05) is 13.2 Å². The minimum absolute atomic E-state index is 0.475. The van der Waals surface area contributed by atoms with Crippen molar-refractivity contribution in [3.8, 4) is 0 Å². The predicted octanol–water partition coefficient (Wildman–Crippen LogP) is 5.38. The van der Waals surface area contributed by atoms with Crippen LogP contribution in [0.4, 0.5) is 0 Å². The quantitative estimate of drug-likeness (QED) is 0.141. The fraction of sp³-hybridized carbons (Fsp3) is 0.455. The summed E-state index contributed by atoms with van der Waals surface area (Å²) in [6, 6.07) is 21.4. The fourth-order valence-electron chi connectivity index (χ4n) is 2.97. The predicted molar refractivity (Wildman–Crippen MR) is 140 cm³/mol. The first kappa shape index (κ1) is 27.5. The van der Waals surface area contributed by atoms with Gasteiger partial charge in [0.05, 0.1) is 0 Å². The second kappa shape index (κ2) is 15.2. The average molecular weight is 706 g/mol. The van der Waals surface area contributed by atoms with E-state index in [1.54, 1.807) is 0 Å². The van der Waals surface area contributed by atoms with Gasteiger partial charge in [-0.2, -0.15) is 0 Å². The van der Waals surface area contributed by atoms with E-state index in [1.807, 2.05) is 0 Å². The standard InChI is InChI=1S/C22H32O2P2Se4/c1-29-25(27,21-15-9-7-10-16-21)23-19-13-5-3-4-6-14-20-24-26(28,30-2)22-17-11-8-12-18-22/h7-12,15-18H,3-6,13-14,19-20H2,1-2H3. The van der Waals surface area contributed by atoms with Crippen LogP contribution in [-0.2, 0) is 9.05 Å². The first-order valence-electron chi connectivity index (χ1n) is 10.3. The second-order valence-electron chi connectivity index (χ2n) is 6.82. The summed E-state index contributed by atoms with van der Waals surface area (Å²) >= 11 is 7.78. The van der Waals surface area contributed by atoms with Crippen LogP contribution in [0.15, 0.2) is 60.7 Å². The number of rotatable bonds is 15. The van der Waals surface area contributed by atoms with Gasteiger partial charge in [-0.3, -0.25) is 0 Å². The number of unbranched alkanes of at least 4 members (excludes halogenated alkanes) is 5. The van der Waals surface area contributed by atoms with Crippen molar-refractivity contribution in [2.24, 2.45) is 0 Å². The van der Waals surface area contributed by atoms with Gasteiger partial charge in [0, 0.05) is 0 Å². The minimum atomic E-state index is -1.50. The molecular weight excluding hydrogens is 674 g/mol. The molecule has 0 N–H and O–H groups in total. The summed E-state index contributed by atoms with van der Waals surface area (Å²) in [6.07, 6.45) is 7.42. The van der Waals surface area contributed by atoms with E-state index >= 15 is 0 Å².